The van der Waals surface area contributed by atoms with E-state index < -0.39 is 18.0 Å². The fourth-order valence-electron chi connectivity index (χ4n) is 5.06. The van der Waals surface area contributed by atoms with Gasteiger partial charge < -0.3 is 10.2 Å². The van der Waals surface area contributed by atoms with E-state index in [2.05, 4.69) is 78.1 Å². The van der Waals surface area contributed by atoms with Crippen LogP contribution in [0.1, 0.15) is 48.9 Å². The zero-order chi connectivity index (χ0) is 33.8. The molecule has 0 radical (unpaired) electrons. The number of nitrogens with one attached hydrogen (secondary N) is 1. The van der Waals surface area contributed by atoms with Gasteiger partial charge in [-0.2, -0.15) is 0 Å². The highest BCUT2D eigenvalue weighted by molar-refractivity contribution is 8.14. The lowest BCUT2D eigenvalue weighted by Gasteiger charge is -2.26. The maximum Gasteiger partial charge on any atom is 0.284 e. The molecule has 2 heterocycles. The maximum atomic E-state index is 14.1. The van der Waals surface area contributed by atoms with Gasteiger partial charge in [-0.3, -0.25) is 0 Å². The molecule has 5 rings (SSSR count). The molecule has 6 nitrogen and oxygen atoms in total. The van der Waals surface area contributed by atoms with Gasteiger partial charge in [-0.15, -0.1) is 5.10 Å². The van der Waals surface area contributed by atoms with Crippen LogP contribution in [-0.2, 0) is 12.8 Å². The van der Waals surface area contributed by atoms with Gasteiger partial charge in [0.15, 0.2) is 16.7 Å². The summed E-state index contributed by atoms with van der Waals surface area (Å²) in [6.45, 7) is 10.9. The van der Waals surface area contributed by atoms with E-state index in [4.69, 9.17) is 4.99 Å². The topological polar surface area (TPSA) is 58.3 Å². The number of alkyl halides is 3. The summed E-state index contributed by atoms with van der Waals surface area (Å²) in [7, 11) is 2.05. The molecule has 1 saturated heterocycles. The fraction of sp³-hybridized carbons (Fsp3) is 0.324. The molecule has 0 amide bonds. The number of aryl methyl sites for hydroxylation is 1. The smallest absolute Gasteiger partial charge is 0.284 e. The number of nitrogens with zero attached hydrogens (tertiary/aromatic N) is 5. The number of thioether (sulfide) groups is 1. The summed E-state index contributed by atoms with van der Waals surface area (Å²) in [4.78, 5) is 11.3. The quantitative estimate of drug-likeness (QED) is 0.166. The van der Waals surface area contributed by atoms with Crippen LogP contribution in [0.4, 0.5) is 13.2 Å². The first kappa shape index (κ1) is 34.0. The second kappa shape index (κ2) is 14.2. The van der Waals surface area contributed by atoms with Gasteiger partial charge in [0.2, 0.25) is 0 Å². The van der Waals surface area contributed by atoms with Gasteiger partial charge in [0.05, 0.1) is 5.69 Å². The molecule has 246 valence electrons. The zero-order valence-corrected chi connectivity index (χ0v) is 28.3. The summed E-state index contributed by atoms with van der Waals surface area (Å²) in [6, 6.07) is 23.2. The third-order valence-electron chi connectivity index (χ3n) is 8.29. The first-order valence-corrected chi connectivity index (χ1v) is 16.6. The van der Waals surface area contributed by atoms with E-state index in [0.717, 1.165) is 42.3 Å². The van der Waals surface area contributed by atoms with Crippen molar-refractivity contribution in [3.05, 3.63) is 126 Å². The van der Waals surface area contributed by atoms with Crippen molar-refractivity contribution in [1.82, 2.24) is 25.0 Å². The van der Waals surface area contributed by atoms with Crippen LogP contribution in [0, 0.1) is 6.92 Å². The number of hydrogen-bond donors (Lipinski definition) is 1. The summed E-state index contributed by atoms with van der Waals surface area (Å²) in [5.41, 5.74) is 4.24. The minimum Gasteiger partial charge on any atom is -0.370 e. The number of aromatic nitrogens is 3. The zero-order valence-electron chi connectivity index (χ0n) is 27.5. The second-order valence-electron chi connectivity index (χ2n) is 12.5. The fourth-order valence-corrected chi connectivity index (χ4v) is 6.11. The van der Waals surface area contributed by atoms with Crippen molar-refractivity contribution in [2.45, 2.75) is 58.0 Å². The molecule has 0 saturated carbocycles. The molecule has 0 spiro atoms. The first-order valence-electron chi connectivity index (χ1n) is 15.6. The Kier molecular flexibility index (Phi) is 10.3. The van der Waals surface area contributed by atoms with Gasteiger partial charge in [0.25, 0.3) is 5.92 Å². The van der Waals surface area contributed by atoms with Crippen LogP contribution in [0.5, 0.6) is 0 Å². The minimum absolute atomic E-state index is 0.318. The van der Waals surface area contributed by atoms with Gasteiger partial charge in [0, 0.05) is 42.9 Å². The Bertz CT molecular complexity index is 1740. The van der Waals surface area contributed by atoms with Gasteiger partial charge in [-0.05, 0) is 56.0 Å². The van der Waals surface area contributed by atoms with Crippen molar-refractivity contribution in [1.29, 1.82) is 0 Å². The van der Waals surface area contributed by atoms with Crippen molar-refractivity contribution >= 4 is 16.9 Å². The predicted octanol–water partition coefficient (Wildman–Crippen LogP) is 8.49. The number of benzene rings is 3. The predicted molar refractivity (Wildman–Crippen MR) is 187 cm³/mol. The van der Waals surface area contributed by atoms with E-state index in [1.54, 1.807) is 47.0 Å². The van der Waals surface area contributed by atoms with Crippen LogP contribution in [-0.4, -0.2) is 55.8 Å². The molecule has 1 unspecified atom stereocenters. The molecule has 3 aromatic carbocycles. The normalized spacial score (nSPS) is 16.2. The molecule has 10 heteroatoms. The molecular formula is C37H41F3N6S. The summed E-state index contributed by atoms with van der Waals surface area (Å²) in [5, 5.41) is 8.81. The molecule has 1 fully saturated rings. The highest BCUT2D eigenvalue weighted by atomic mass is 32.2. The summed E-state index contributed by atoms with van der Waals surface area (Å²) in [5.74, 6) is -1.08. The molecule has 1 aliphatic rings. The van der Waals surface area contributed by atoms with Gasteiger partial charge in [0.1, 0.15) is 12.1 Å². The molecule has 0 bridgehead atoms. The highest BCUT2D eigenvalue weighted by Crippen LogP contribution is 2.35. The summed E-state index contributed by atoms with van der Waals surface area (Å²) in [6.07, 6.45) is 4.01. The molecule has 0 aliphatic carbocycles. The van der Waals surface area contributed by atoms with Crippen LogP contribution in [0.3, 0.4) is 0 Å². The maximum absolute atomic E-state index is 14.1. The number of allylic oxidation sites excluding steroid dienone is 1. The lowest BCUT2D eigenvalue weighted by Crippen LogP contribution is -2.40. The standard InChI is InChI=1S/C37H41F3N6S/c1-25-7-13-30(14-8-25)26(2)21-33-23-47-35(45(33)6)43-27(3)41-20-19-28-9-15-31(16-10-28)34-42-24-46(44-34)32-17-11-29(12-18-32)22-37(39,40)36(4,5)38/h7-18,21,24,26,41H,3,19-20,22-23H2,1-2,4-6H3/b33-21-,43-35-. The number of halogens is 3. The van der Waals surface area contributed by atoms with Crippen molar-refractivity contribution in [3.63, 3.8) is 0 Å². The molecule has 4 aromatic rings. The lowest BCUT2D eigenvalue weighted by molar-refractivity contribution is -0.118. The average molecular weight is 659 g/mol. The van der Waals surface area contributed by atoms with Crippen molar-refractivity contribution < 1.29 is 13.2 Å². The summed E-state index contributed by atoms with van der Waals surface area (Å²) < 4.78 is 43.7. The Morgan fingerprint density at radius 3 is 2.34 bits per heavy atom. The molecule has 1 aromatic heterocycles. The summed E-state index contributed by atoms with van der Waals surface area (Å²) >= 11 is 1.71. The van der Waals surface area contributed by atoms with Crippen LogP contribution in [0.15, 0.2) is 108 Å². The van der Waals surface area contributed by atoms with Crippen LogP contribution >= 0.6 is 11.8 Å². The van der Waals surface area contributed by atoms with E-state index in [1.165, 1.54) is 16.8 Å². The van der Waals surface area contributed by atoms with Crippen molar-refractivity contribution in [3.8, 4) is 17.1 Å². The second-order valence-corrected chi connectivity index (χ2v) is 13.4. The monoisotopic (exact) mass is 658 g/mol. The van der Waals surface area contributed by atoms with Gasteiger partial charge >= 0.3 is 0 Å². The first-order chi connectivity index (χ1) is 22.3. The van der Waals surface area contributed by atoms with E-state index in [-0.39, 0.29) is 0 Å². The van der Waals surface area contributed by atoms with Gasteiger partial charge in [-0.1, -0.05) is 97.6 Å². The largest absolute Gasteiger partial charge is 0.370 e. The third kappa shape index (κ3) is 8.54. The van der Waals surface area contributed by atoms with E-state index in [9.17, 15) is 13.2 Å². The molecule has 1 N–H and O–H groups in total. The Morgan fingerprint density at radius 1 is 1.02 bits per heavy atom. The number of hydrogen-bond acceptors (Lipinski definition) is 5. The third-order valence-corrected chi connectivity index (χ3v) is 9.35. The molecule has 1 atom stereocenters. The Balaban J connectivity index is 1.11. The lowest BCUT2D eigenvalue weighted by atomic mass is 9.95. The Morgan fingerprint density at radius 2 is 1.68 bits per heavy atom. The van der Waals surface area contributed by atoms with E-state index in [1.807, 2.05) is 24.3 Å². The number of rotatable bonds is 12. The Hall–Kier alpha value is -4.31. The van der Waals surface area contributed by atoms with Gasteiger partial charge in [-0.25, -0.2) is 27.8 Å². The minimum atomic E-state index is -3.46. The van der Waals surface area contributed by atoms with Crippen molar-refractivity contribution in [2.24, 2.45) is 4.99 Å². The number of amidine groups is 1. The van der Waals surface area contributed by atoms with Crippen molar-refractivity contribution in [2.75, 3.05) is 19.3 Å². The average Bonchev–Trinajstić information content (AvgIpc) is 3.65. The van der Waals surface area contributed by atoms with E-state index >= 15 is 0 Å². The van der Waals surface area contributed by atoms with E-state index in [0.29, 0.717) is 35.4 Å². The molecule has 47 heavy (non-hydrogen) atoms. The molecular weight excluding hydrogens is 618 g/mol. The highest BCUT2D eigenvalue weighted by Gasteiger charge is 2.47. The van der Waals surface area contributed by atoms with Crippen LogP contribution < -0.4 is 5.32 Å². The SMILES string of the molecule is C=C(/N=C1\SC/C(=C/C(C)c2ccc(C)cc2)N1C)NCCc1ccc(-c2ncn(-c3ccc(CC(F)(F)C(C)(C)F)cc3)n2)cc1. The van der Waals surface area contributed by atoms with Crippen LogP contribution in [0.25, 0.3) is 17.1 Å². The number of aliphatic imine (C=N–C) groups is 1. The molecule has 1 aliphatic heterocycles. The Labute approximate surface area is 279 Å². The van der Waals surface area contributed by atoms with Crippen LogP contribution in [0.2, 0.25) is 0 Å².